The summed E-state index contributed by atoms with van der Waals surface area (Å²) in [6.07, 6.45) is -14.8. The fraction of sp³-hybridized carbons (Fsp3) is 0.522. The van der Waals surface area contributed by atoms with E-state index in [-0.39, 0.29) is 27.7 Å². The molecule has 0 amide bonds. The zero-order valence-electron chi connectivity index (χ0n) is 19.4. The Bertz CT molecular complexity index is 1330. The molecule has 0 saturated carbocycles. The molecule has 208 valence electrons. The number of ether oxygens (including phenoxy) is 4. The number of aliphatic hydroxyl groups excluding tert-OH is 7. The van der Waals surface area contributed by atoms with E-state index >= 15 is 0 Å². The van der Waals surface area contributed by atoms with Crippen molar-refractivity contribution >= 4 is 21.9 Å². The zero-order chi connectivity index (χ0) is 27.3. The van der Waals surface area contributed by atoms with Crippen LogP contribution < -0.4 is 10.4 Å². The Morgan fingerprint density at radius 1 is 0.763 bits per heavy atom. The van der Waals surface area contributed by atoms with Crippen LogP contribution in [0.3, 0.4) is 0 Å². The molecule has 2 fully saturated rings. The number of aromatic hydroxyl groups is 1. The maximum absolute atomic E-state index is 11.7. The topological polar surface area (TPSA) is 242 Å². The maximum Gasteiger partial charge on any atom is 0.336 e. The zero-order valence-corrected chi connectivity index (χ0v) is 19.4. The van der Waals surface area contributed by atoms with E-state index in [1.54, 1.807) is 0 Å². The fourth-order valence-corrected chi connectivity index (χ4v) is 4.48. The van der Waals surface area contributed by atoms with Gasteiger partial charge in [0.05, 0.1) is 30.2 Å². The van der Waals surface area contributed by atoms with E-state index in [0.717, 1.165) is 6.07 Å². The maximum atomic E-state index is 11.7. The fourth-order valence-electron chi connectivity index (χ4n) is 4.48. The van der Waals surface area contributed by atoms with Gasteiger partial charge in [-0.3, -0.25) is 0 Å². The van der Waals surface area contributed by atoms with E-state index in [1.165, 1.54) is 18.4 Å². The first kappa shape index (κ1) is 26.8. The van der Waals surface area contributed by atoms with Crippen LogP contribution in [0, 0.1) is 0 Å². The van der Waals surface area contributed by atoms with Crippen molar-refractivity contribution < 1.29 is 68.6 Å². The minimum Gasteiger partial charge on any atom is -0.502 e. The number of phenols is 1. The van der Waals surface area contributed by atoms with Gasteiger partial charge in [-0.1, -0.05) is 0 Å². The molecule has 2 saturated heterocycles. The van der Waals surface area contributed by atoms with E-state index in [0.29, 0.717) is 0 Å². The molecule has 15 heteroatoms. The second-order valence-electron chi connectivity index (χ2n) is 9.00. The van der Waals surface area contributed by atoms with Crippen molar-refractivity contribution in [3.63, 3.8) is 0 Å². The number of hydrogen-bond acceptors (Lipinski definition) is 15. The van der Waals surface area contributed by atoms with Gasteiger partial charge in [-0.2, -0.15) is 0 Å². The highest BCUT2D eigenvalue weighted by Gasteiger charge is 2.48. The van der Waals surface area contributed by atoms with Crippen LogP contribution in [0.2, 0.25) is 0 Å². The molecule has 2 aliphatic rings. The number of rotatable bonds is 6. The summed E-state index contributed by atoms with van der Waals surface area (Å²) in [5, 5.41) is 81.6. The first-order chi connectivity index (χ1) is 18.1. The number of aliphatic hydroxyl groups is 7. The average molecular weight is 542 g/mol. The minimum absolute atomic E-state index is 0.0356. The van der Waals surface area contributed by atoms with Crippen LogP contribution in [0.5, 0.6) is 11.5 Å². The van der Waals surface area contributed by atoms with Crippen LogP contribution in [0.25, 0.3) is 21.9 Å². The normalized spacial score (nSPS) is 36.1. The van der Waals surface area contributed by atoms with Gasteiger partial charge >= 0.3 is 5.63 Å². The van der Waals surface area contributed by atoms with Crippen molar-refractivity contribution in [2.75, 3.05) is 13.2 Å². The number of fused-ring (bicyclic) bond motifs is 2. The van der Waals surface area contributed by atoms with Crippen LogP contribution in [-0.4, -0.2) is 115 Å². The third kappa shape index (κ3) is 4.52. The Morgan fingerprint density at radius 2 is 1.39 bits per heavy atom. The molecule has 0 spiro atoms. The molecule has 15 nitrogen and oxygen atoms in total. The number of phenolic OH excluding ortho intramolecular Hbond substituents is 1. The van der Waals surface area contributed by atoms with Crippen molar-refractivity contribution in [1.29, 1.82) is 0 Å². The van der Waals surface area contributed by atoms with Gasteiger partial charge in [0.15, 0.2) is 17.5 Å². The molecular formula is C23H26O15. The molecule has 0 bridgehead atoms. The van der Waals surface area contributed by atoms with Gasteiger partial charge in [-0.25, -0.2) is 4.79 Å². The van der Waals surface area contributed by atoms with Gasteiger partial charge in [0, 0.05) is 6.07 Å². The van der Waals surface area contributed by atoms with Crippen molar-refractivity contribution in [3.05, 3.63) is 34.9 Å². The summed E-state index contributed by atoms with van der Waals surface area (Å²) < 4.78 is 32.5. The van der Waals surface area contributed by atoms with Crippen LogP contribution in [-0.2, 0) is 14.2 Å². The highest BCUT2D eigenvalue weighted by Crippen LogP contribution is 2.43. The first-order valence-corrected chi connectivity index (χ1v) is 11.6. The van der Waals surface area contributed by atoms with Crippen molar-refractivity contribution in [3.8, 4) is 11.5 Å². The third-order valence-electron chi connectivity index (χ3n) is 6.59. The van der Waals surface area contributed by atoms with Crippen molar-refractivity contribution in [1.82, 2.24) is 0 Å². The van der Waals surface area contributed by atoms with Crippen LogP contribution in [0.4, 0.5) is 0 Å². The Labute approximate surface area is 212 Å². The summed E-state index contributed by atoms with van der Waals surface area (Å²) in [4.78, 5) is 11.7. The standard InChI is InChI=1S/C23H26O15/c24-5-9-12(26)14(28)16(30)22(35-9)34-6-10-13(27)15(29)17(31)23(36-10)38-19-7-1-2-11(25)37-21(7)18(32)20-8(19)3-4-33-20/h1-4,9-10,12-17,22-24,26-32H,5-6H2. The Morgan fingerprint density at radius 3 is 2.11 bits per heavy atom. The number of benzene rings is 1. The van der Waals surface area contributed by atoms with Crippen molar-refractivity contribution in [2.24, 2.45) is 0 Å². The largest absolute Gasteiger partial charge is 0.502 e. The van der Waals surface area contributed by atoms with Gasteiger partial charge in [0.1, 0.15) is 54.6 Å². The Kier molecular flexibility index (Phi) is 7.31. The molecule has 0 aliphatic carbocycles. The van der Waals surface area contributed by atoms with Gasteiger partial charge in [-0.15, -0.1) is 0 Å². The van der Waals surface area contributed by atoms with Crippen LogP contribution in [0.15, 0.2) is 38.1 Å². The molecule has 4 heterocycles. The molecule has 10 atom stereocenters. The van der Waals surface area contributed by atoms with Gasteiger partial charge in [-0.05, 0) is 12.1 Å². The summed E-state index contributed by atoms with van der Waals surface area (Å²) >= 11 is 0. The number of furan rings is 1. The summed E-state index contributed by atoms with van der Waals surface area (Å²) in [5.41, 5.74) is -1.11. The molecule has 0 radical (unpaired) electrons. The molecule has 8 N–H and O–H groups in total. The van der Waals surface area contributed by atoms with E-state index < -0.39 is 86.0 Å². The SMILES string of the molecule is O=c1ccc2c(OC3OC(COC4OC(CO)C(O)C(O)C4O)C(O)C(O)C3O)c3ccoc3c(O)c2o1. The lowest BCUT2D eigenvalue weighted by Gasteiger charge is -2.42. The third-order valence-corrected chi connectivity index (χ3v) is 6.59. The lowest BCUT2D eigenvalue weighted by Crippen LogP contribution is -2.62. The highest BCUT2D eigenvalue weighted by atomic mass is 16.7. The van der Waals surface area contributed by atoms with Crippen molar-refractivity contribution in [2.45, 2.75) is 61.4 Å². The van der Waals surface area contributed by atoms with E-state index in [4.69, 9.17) is 27.8 Å². The Hall–Kier alpha value is -2.83. The van der Waals surface area contributed by atoms with E-state index in [9.17, 15) is 45.6 Å². The van der Waals surface area contributed by atoms with Crippen LogP contribution >= 0.6 is 0 Å². The van der Waals surface area contributed by atoms with E-state index in [1.807, 2.05) is 0 Å². The smallest absolute Gasteiger partial charge is 0.336 e. The van der Waals surface area contributed by atoms with Gasteiger partial charge in [0.2, 0.25) is 12.0 Å². The van der Waals surface area contributed by atoms with Gasteiger partial charge in [0.25, 0.3) is 0 Å². The predicted octanol–water partition coefficient (Wildman–Crippen LogP) is -2.75. The Balaban J connectivity index is 1.39. The summed E-state index contributed by atoms with van der Waals surface area (Å²) in [5.74, 6) is -0.497. The molecule has 1 aromatic carbocycles. The molecule has 5 rings (SSSR count). The summed E-state index contributed by atoms with van der Waals surface area (Å²) in [6, 6.07) is 3.83. The minimum atomic E-state index is -1.79. The molecule has 2 aromatic heterocycles. The molecule has 3 aromatic rings. The second kappa shape index (κ2) is 10.4. The first-order valence-electron chi connectivity index (χ1n) is 11.6. The lowest BCUT2D eigenvalue weighted by atomic mass is 9.98. The quantitative estimate of drug-likeness (QED) is 0.147. The van der Waals surface area contributed by atoms with Gasteiger partial charge < -0.3 is 68.6 Å². The molecule has 2 aliphatic heterocycles. The molecular weight excluding hydrogens is 516 g/mol. The highest BCUT2D eigenvalue weighted by molar-refractivity contribution is 6.06. The molecule has 38 heavy (non-hydrogen) atoms. The molecule has 10 unspecified atom stereocenters. The predicted molar refractivity (Wildman–Crippen MR) is 121 cm³/mol. The average Bonchev–Trinajstić information content (AvgIpc) is 3.40. The number of hydrogen-bond donors (Lipinski definition) is 8. The lowest BCUT2D eigenvalue weighted by molar-refractivity contribution is -0.323. The summed E-state index contributed by atoms with van der Waals surface area (Å²) in [7, 11) is 0. The second-order valence-corrected chi connectivity index (χ2v) is 9.00. The van der Waals surface area contributed by atoms with E-state index in [2.05, 4.69) is 0 Å². The van der Waals surface area contributed by atoms with Crippen LogP contribution in [0.1, 0.15) is 0 Å². The monoisotopic (exact) mass is 542 g/mol. The summed E-state index contributed by atoms with van der Waals surface area (Å²) in [6.45, 7) is -1.24.